The van der Waals surface area contributed by atoms with E-state index in [0.29, 0.717) is 0 Å². The lowest BCUT2D eigenvalue weighted by atomic mass is 10.4. The van der Waals surface area contributed by atoms with Crippen LogP contribution in [0.15, 0.2) is 0 Å². The Morgan fingerprint density at radius 3 is 1.83 bits per heavy atom. The van der Waals surface area contributed by atoms with Gasteiger partial charge in [-0.05, 0) is 18.4 Å². The molecule has 12 heavy (non-hydrogen) atoms. The summed E-state index contributed by atoms with van der Waals surface area (Å²) in [6.07, 6.45) is 7.51. The van der Waals surface area contributed by atoms with Gasteiger partial charge in [0.05, 0.1) is 0 Å². The molecule has 2 heteroatoms. The first kappa shape index (κ1) is 15.2. The Labute approximate surface area is 87.3 Å². The molecule has 0 unspecified atom stereocenters. The van der Waals surface area contributed by atoms with Crippen molar-refractivity contribution in [2.45, 2.75) is 46.5 Å². The van der Waals surface area contributed by atoms with Crippen molar-refractivity contribution in [2.75, 3.05) is 17.1 Å². The van der Waals surface area contributed by atoms with Crippen molar-refractivity contribution < 1.29 is 0 Å². The topological polar surface area (TPSA) is 0 Å². The SMILES string of the molecule is CCCC.CCCCSCSC. The van der Waals surface area contributed by atoms with Crippen molar-refractivity contribution in [3.05, 3.63) is 0 Å². The quantitative estimate of drug-likeness (QED) is 0.460. The van der Waals surface area contributed by atoms with Crippen LogP contribution in [-0.4, -0.2) is 17.1 Å². The van der Waals surface area contributed by atoms with Crippen LogP contribution >= 0.6 is 23.5 Å². The van der Waals surface area contributed by atoms with Crippen LogP contribution in [0.1, 0.15) is 46.5 Å². The summed E-state index contributed by atoms with van der Waals surface area (Å²) >= 11 is 3.96. The number of hydrogen-bond donors (Lipinski definition) is 0. The van der Waals surface area contributed by atoms with Gasteiger partial charge in [-0.1, -0.05) is 40.0 Å². The summed E-state index contributed by atoms with van der Waals surface area (Å²) in [7, 11) is 0. The van der Waals surface area contributed by atoms with E-state index < -0.39 is 0 Å². The lowest BCUT2D eigenvalue weighted by Gasteiger charge is -1.94. The largest absolute Gasteiger partial charge is 0.155 e. The molecule has 0 aliphatic rings. The van der Waals surface area contributed by atoms with E-state index in [1.807, 2.05) is 23.5 Å². The molecule has 0 bridgehead atoms. The highest BCUT2D eigenvalue weighted by Crippen LogP contribution is 2.09. The predicted molar refractivity (Wildman–Crippen MR) is 66.3 cm³/mol. The smallest absolute Gasteiger partial charge is 0.0389 e. The van der Waals surface area contributed by atoms with Crippen LogP contribution in [-0.2, 0) is 0 Å². The van der Waals surface area contributed by atoms with Crippen LogP contribution in [0.5, 0.6) is 0 Å². The molecule has 76 valence electrons. The minimum absolute atomic E-state index is 1.26. The highest BCUT2D eigenvalue weighted by molar-refractivity contribution is 8.15. The van der Waals surface area contributed by atoms with E-state index in [4.69, 9.17) is 0 Å². The molecule has 0 spiro atoms. The second-order valence-electron chi connectivity index (χ2n) is 2.67. The van der Waals surface area contributed by atoms with Gasteiger partial charge in [-0.25, -0.2) is 0 Å². The van der Waals surface area contributed by atoms with Crippen LogP contribution in [0, 0.1) is 0 Å². The summed E-state index contributed by atoms with van der Waals surface area (Å²) in [5, 5.41) is 1.26. The molecule has 0 N–H and O–H groups in total. The molecule has 0 aliphatic carbocycles. The molecule has 0 aromatic rings. The zero-order valence-corrected chi connectivity index (χ0v) is 10.7. The first-order valence-corrected chi connectivity index (χ1v) is 7.44. The van der Waals surface area contributed by atoms with Crippen LogP contribution < -0.4 is 0 Å². The van der Waals surface area contributed by atoms with Crippen LogP contribution in [0.3, 0.4) is 0 Å². The van der Waals surface area contributed by atoms with E-state index in [9.17, 15) is 0 Å². The van der Waals surface area contributed by atoms with Crippen LogP contribution in [0.25, 0.3) is 0 Å². The number of unbranched alkanes of at least 4 members (excludes halogenated alkanes) is 2. The maximum absolute atomic E-state index is 2.24. The minimum Gasteiger partial charge on any atom is -0.155 e. The zero-order valence-electron chi connectivity index (χ0n) is 9.06. The molecule has 0 atom stereocenters. The molecule has 0 aromatic carbocycles. The fraction of sp³-hybridized carbons (Fsp3) is 1.00. The second kappa shape index (κ2) is 17.7. The number of hydrogen-bond acceptors (Lipinski definition) is 2. The molecular formula is C10H24S2. The van der Waals surface area contributed by atoms with Gasteiger partial charge >= 0.3 is 0 Å². The fourth-order valence-corrected chi connectivity index (χ4v) is 2.02. The van der Waals surface area contributed by atoms with Gasteiger partial charge < -0.3 is 0 Å². The van der Waals surface area contributed by atoms with Crippen molar-refractivity contribution >= 4 is 23.5 Å². The predicted octanol–water partition coefficient (Wildman–Crippen LogP) is 4.65. The van der Waals surface area contributed by atoms with Crippen molar-refractivity contribution in [2.24, 2.45) is 0 Å². The molecular weight excluding hydrogens is 184 g/mol. The normalized spacial score (nSPS) is 9.00. The average molecular weight is 208 g/mol. The lowest BCUT2D eigenvalue weighted by Crippen LogP contribution is -1.76. The van der Waals surface area contributed by atoms with E-state index >= 15 is 0 Å². The van der Waals surface area contributed by atoms with Gasteiger partial charge in [0.1, 0.15) is 0 Å². The monoisotopic (exact) mass is 208 g/mol. The molecule has 0 saturated heterocycles. The van der Waals surface area contributed by atoms with Crippen LogP contribution in [0.4, 0.5) is 0 Å². The Morgan fingerprint density at radius 1 is 0.917 bits per heavy atom. The second-order valence-corrected chi connectivity index (χ2v) is 5.00. The molecule has 0 rings (SSSR count). The fourth-order valence-electron chi connectivity index (χ4n) is 0.389. The molecule has 0 radical (unpaired) electrons. The van der Waals surface area contributed by atoms with E-state index in [2.05, 4.69) is 27.0 Å². The summed E-state index contributed by atoms with van der Waals surface area (Å²) < 4.78 is 0. The first-order chi connectivity index (χ1) is 5.83. The highest BCUT2D eigenvalue weighted by Gasteiger charge is 1.83. The summed E-state index contributed by atoms with van der Waals surface area (Å²) in [4.78, 5) is 0. The molecule has 0 amide bonds. The Balaban J connectivity index is 0. The van der Waals surface area contributed by atoms with E-state index in [0.717, 1.165) is 0 Å². The summed E-state index contributed by atoms with van der Waals surface area (Å²) in [5.74, 6) is 1.34. The van der Waals surface area contributed by atoms with E-state index in [-0.39, 0.29) is 0 Å². The Morgan fingerprint density at radius 2 is 1.50 bits per heavy atom. The maximum atomic E-state index is 2.24. The van der Waals surface area contributed by atoms with Crippen molar-refractivity contribution in [1.82, 2.24) is 0 Å². The third-order valence-electron chi connectivity index (χ3n) is 1.34. The molecule has 0 heterocycles. The first-order valence-electron chi connectivity index (χ1n) is 4.90. The van der Waals surface area contributed by atoms with Gasteiger partial charge in [-0.15, -0.1) is 0 Å². The molecule has 0 aromatic heterocycles. The van der Waals surface area contributed by atoms with Crippen molar-refractivity contribution in [3.8, 4) is 0 Å². The van der Waals surface area contributed by atoms with Gasteiger partial charge in [0.2, 0.25) is 0 Å². The maximum Gasteiger partial charge on any atom is 0.0389 e. The lowest BCUT2D eigenvalue weighted by molar-refractivity contribution is 0.886. The number of thioether (sulfide) groups is 2. The van der Waals surface area contributed by atoms with Crippen molar-refractivity contribution in [1.29, 1.82) is 0 Å². The molecule has 0 aliphatic heterocycles. The van der Waals surface area contributed by atoms with Gasteiger partial charge in [-0.2, -0.15) is 23.5 Å². The summed E-state index contributed by atoms with van der Waals surface area (Å²) in [6, 6.07) is 0. The highest BCUT2D eigenvalue weighted by atomic mass is 32.2. The third kappa shape index (κ3) is 22.4. The standard InChI is InChI=1S/C6H14S2.C4H10/c1-3-4-5-8-6-7-2;1-3-4-2/h3-6H2,1-2H3;3-4H2,1-2H3. The molecule has 0 fully saturated rings. The summed E-state index contributed by atoms with van der Waals surface area (Å²) in [6.45, 7) is 6.60. The third-order valence-corrected chi connectivity index (χ3v) is 3.53. The zero-order chi connectivity index (χ0) is 9.66. The minimum atomic E-state index is 1.26. The van der Waals surface area contributed by atoms with E-state index in [1.54, 1.807) is 0 Å². The average Bonchev–Trinajstić information content (AvgIpc) is 2.13. The van der Waals surface area contributed by atoms with Crippen LogP contribution in [0.2, 0.25) is 0 Å². The van der Waals surface area contributed by atoms with Gasteiger partial charge in [-0.3, -0.25) is 0 Å². The summed E-state index contributed by atoms with van der Waals surface area (Å²) in [5.41, 5.74) is 0. The Hall–Kier alpha value is 0.700. The number of rotatable bonds is 6. The van der Waals surface area contributed by atoms with Crippen molar-refractivity contribution in [3.63, 3.8) is 0 Å². The van der Waals surface area contributed by atoms with Gasteiger partial charge in [0.25, 0.3) is 0 Å². The van der Waals surface area contributed by atoms with Gasteiger partial charge in [0, 0.05) is 5.08 Å². The molecule has 0 nitrogen and oxygen atoms in total. The Bertz CT molecular complexity index is 47.8. The molecule has 0 saturated carbocycles. The Kier molecular flexibility index (Phi) is 22.4. The van der Waals surface area contributed by atoms with E-state index in [1.165, 1.54) is 36.5 Å². The van der Waals surface area contributed by atoms with Gasteiger partial charge in [0.15, 0.2) is 0 Å².